The normalized spacial score (nSPS) is 14.9. The van der Waals surface area contributed by atoms with Gasteiger partial charge in [0.25, 0.3) is 11.8 Å². The highest BCUT2D eigenvalue weighted by Gasteiger charge is 2.22. The monoisotopic (exact) mass is 386 g/mol. The molecule has 1 aromatic heterocycles. The Balaban J connectivity index is 1.70. The summed E-state index contributed by atoms with van der Waals surface area (Å²) in [6, 6.07) is 6.91. The highest BCUT2D eigenvalue weighted by Crippen LogP contribution is 2.20. The van der Waals surface area contributed by atoms with Crippen molar-refractivity contribution in [3.63, 3.8) is 0 Å². The summed E-state index contributed by atoms with van der Waals surface area (Å²) >= 11 is 6.10. The van der Waals surface area contributed by atoms with Crippen LogP contribution in [0.5, 0.6) is 0 Å². The van der Waals surface area contributed by atoms with Crippen LogP contribution < -0.4 is 5.32 Å². The molecule has 1 N–H and O–H groups in total. The summed E-state index contributed by atoms with van der Waals surface area (Å²) in [4.78, 5) is 33.4. The number of pyridine rings is 1. The fraction of sp³-hybridized carbons (Fsp3) is 0.350. The number of halogens is 1. The van der Waals surface area contributed by atoms with Crippen molar-refractivity contribution in [2.45, 2.75) is 13.8 Å². The van der Waals surface area contributed by atoms with E-state index in [9.17, 15) is 9.59 Å². The largest absolute Gasteiger partial charge is 0.336 e. The minimum absolute atomic E-state index is 0.0914. The Morgan fingerprint density at radius 2 is 1.81 bits per heavy atom. The second kappa shape index (κ2) is 8.50. The number of nitrogens with one attached hydrogen (secondary N) is 1. The number of aryl methyl sites for hydroxylation is 1. The minimum atomic E-state index is -0.326. The maximum absolute atomic E-state index is 12.7. The molecular weight excluding hydrogens is 364 g/mol. The first-order valence-corrected chi connectivity index (χ1v) is 9.40. The van der Waals surface area contributed by atoms with Gasteiger partial charge in [0.05, 0.1) is 11.1 Å². The molecule has 2 heterocycles. The smallest absolute Gasteiger partial charge is 0.257 e. The van der Waals surface area contributed by atoms with Crippen molar-refractivity contribution < 1.29 is 9.59 Å². The van der Waals surface area contributed by atoms with Gasteiger partial charge in [0, 0.05) is 49.3 Å². The highest BCUT2D eigenvalue weighted by atomic mass is 35.5. The Kier molecular flexibility index (Phi) is 6.08. The van der Waals surface area contributed by atoms with Gasteiger partial charge in [0.2, 0.25) is 0 Å². The van der Waals surface area contributed by atoms with Crippen LogP contribution in [0.1, 0.15) is 33.2 Å². The van der Waals surface area contributed by atoms with E-state index in [1.165, 1.54) is 12.4 Å². The first-order chi connectivity index (χ1) is 13.0. The Hall–Kier alpha value is -2.44. The number of aromatic nitrogens is 1. The fourth-order valence-electron chi connectivity index (χ4n) is 3.00. The lowest BCUT2D eigenvalue weighted by Gasteiger charge is -2.34. The molecule has 0 atom stereocenters. The second-order valence-electron chi connectivity index (χ2n) is 6.61. The zero-order valence-electron chi connectivity index (χ0n) is 15.5. The predicted octanol–water partition coefficient (Wildman–Crippen LogP) is 3.07. The SMILES string of the molecule is CCN1CCN(C(=O)c2cncc(C(=O)Nc3ccc(C)c(Cl)c3)c2)CC1. The standard InChI is InChI=1S/C20H23ClN4O2/c1-3-24-6-8-25(9-7-24)20(27)16-10-15(12-22-13-16)19(26)23-17-5-4-14(2)18(21)11-17/h4-5,10-13H,3,6-9H2,1-2H3,(H,23,26). The number of hydrogen-bond donors (Lipinski definition) is 1. The van der Waals surface area contributed by atoms with Crippen LogP contribution in [0.4, 0.5) is 5.69 Å². The second-order valence-corrected chi connectivity index (χ2v) is 7.01. The van der Waals surface area contributed by atoms with E-state index in [1.54, 1.807) is 18.2 Å². The van der Waals surface area contributed by atoms with Gasteiger partial charge in [-0.1, -0.05) is 24.6 Å². The maximum atomic E-state index is 12.7. The minimum Gasteiger partial charge on any atom is -0.336 e. The lowest BCUT2D eigenvalue weighted by molar-refractivity contribution is 0.0643. The Morgan fingerprint density at radius 1 is 1.11 bits per heavy atom. The molecule has 1 aliphatic rings. The molecule has 2 aromatic rings. The van der Waals surface area contributed by atoms with E-state index in [0.29, 0.717) is 34.9 Å². The van der Waals surface area contributed by atoms with Crippen molar-refractivity contribution in [3.8, 4) is 0 Å². The third-order valence-corrected chi connectivity index (χ3v) is 5.19. The molecule has 1 aliphatic heterocycles. The van der Waals surface area contributed by atoms with Gasteiger partial charge in [-0.25, -0.2) is 0 Å². The van der Waals surface area contributed by atoms with Crippen LogP contribution in [0.15, 0.2) is 36.7 Å². The van der Waals surface area contributed by atoms with E-state index < -0.39 is 0 Å². The fourth-order valence-corrected chi connectivity index (χ4v) is 3.19. The molecule has 0 spiro atoms. The number of benzene rings is 1. The van der Waals surface area contributed by atoms with Crippen molar-refractivity contribution in [3.05, 3.63) is 58.4 Å². The molecule has 1 fully saturated rings. The van der Waals surface area contributed by atoms with Crippen LogP contribution in [0.25, 0.3) is 0 Å². The van der Waals surface area contributed by atoms with E-state index in [0.717, 1.165) is 25.2 Å². The number of carbonyl (C=O) groups excluding carboxylic acids is 2. The van der Waals surface area contributed by atoms with Crippen LogP contribution in [-0.2, 0) is 0 Å². The molecule has 0 bridgehead atoms. The number of nitrogens with zero attached hydrogens (tertiary/aromatic N) is 3. The van der Waals surface area contributed by atoms with E-state index in [1.807, 2.05) is 17.9 Å². The third kappa shape index (κ3) is 4.64. The molecular formula is C20H23ClN4O2. The Bertz CT molecular complexity index is 848. The van der Waals surface area contributed by atoms with Crippen LogP contribution >= 0.6 is 11.6 Å². The number of carbonyl (C=O) groups is 2. The van der Waals surface area contributed by atoms with Crippen molar-refractivity contribution >= 4 is 29.1 Å². The van der Waals surface area contributed by atoms with Gasteiger partial charge < -0.3 is 15.1 Å². The summed E-state index contributed by atoms with van der Waals surface area (Å²) in [5.41, 5.74) is 2.30. The highest BCUT2D eigenvalue weighted by molar-refractivity contribution is 6.31. The van der Waals surface area contributed by atoms with Gasteiger partial charge in [-0.3, -0.25) is 14.6 Å². The van der Waals surface area contributed by atoms with Crippen LogP contribution in [0.2, 0.25) is 5.02 Å². The summed E-state index contributed by atoms with van der Waals surface area (Å²) in [5, 5.41) is 3.37. The zero-order valence-corrected chi connectivity index (χ0v) is 16.3. The predicted molar refractivity (Wildman–Crippen MR) is 106 cm³/mol. The Morgan fingerprint density at radius 3 is 2.48 bits per heavy atom. The van der Waals surface area contributed by atoms with E-state index in [-0.39, 0.29) is 11.8 Å². The summed E-state index contributed by atoms with van der Waals surface area (Å²) in [6.07, 6.45) is 2.96. The van der Waals surface area contributed by atoms with Gasteiger partial charge >= 0.3 is 0 Å². The van der Waals surface area contributed by atoms with Gasteiger partial charge in [0.15, 0.2) is 0 Å². The topological polar surface area (TPSA) is 65.5 Å². The lowest BCUT2D eigenvalue weighted by Crippen LogP contribution is -2.48. The van der Waals surface area contributed by atoms with Crippen LogP contribution in [0, 0.1) is 6.92 Å². The number of rotatable bonds is 4. The van der Waals surface area contributed by atoms with Crippen molar-refractivity contribution in [1.82, 2.24) is 14.8 Å². The molecule has 2 amide bonds. The molecule has 0 aliphatic carbocycles. The number of amides is 2. The van der Waals surface area contributed by atoms with Gasteiger partial charge in [-0.2, -0.15) is 0 Å². The lowest BCUT2D eigenvalue weighted by atomic mass is 10.1. The van der Waals surface area contributed by atoms with Crippen LogP contribution in [-0.4, -0.2) is 59.3 Å². The van der Waals surface area contributed by atoms with Gasteiger partial charge in [0.1, 0.15) is 0 Å². The quantitative estimate of drug-likeness (QED) is 0.877. The average Bonchev–Trinajstić information content (AvgIpc) is 2.70. The van der Waals surface area contributed by atoms with Gasteiger partial charge in [-0.15, -0.1) is 0 Å². The summed E-state index contributed by atoms with van der Waals surface area (Å²) in [6.45, 7) is 8.10. The first-order valence-electron chi connectivity index (χ1n) is 9.02. The molecule has 27 heavy (non-hydrogen) atoms. The van der Waals surface area contributed by atoms with E-state index in [4.69, 9.17) is 11.6 Å². The third-order valence-electron chi connectivity index (χ3n) is 4.78. The summed E-state index contributed by atoms with van der Waals surface area (Å²) < 4.78 is 0. The first kappa shape index (κ1) is 19.3. The summed E-state index contributed by atoms with van der Waals surface area (Å²) in [5.74, 6) is -0.417. The molecule has 1 saturated heterocycles. The van der Waals surface area contributed by atoms with E-state index in [2.05, 4.69) is 22.1 Å². The molecule has 3 rings (SSSR count). The molecule has 7 heteroatoms. The number of likely N-dealkylation sites (N-methyl/N-ethyl adjacent to an activating group) is 1. The molecule has 0 radical (unpaired) electrons. The number of piperazine rings is 1. The van der Waals surface area contributed by atoms with Crippen molar-refractivity contribution in [2.75, 3.05) is 38.0 Å². The molecule has 6 nitrogen and oxygen atoms in total. The molecule has 1 aromatic carbocycles. The van der Waals surface area contributed by atoms with Crippen molar-refractivity contribution in [2.24, 2.45) is 0 Å². The Labute approximate surface area is 164 Å². The number of anilines is 1. The summed E-state index contributed by atoms with van der Waals surface area (Å²) in [7, 11) is 0. The number of hydrogen-bond acceptors (Lipinski definition) is 4. The van der Waals surface area contributed by atoms with E-state index >= 15 is 0 Å². The molecule has 0 unspecified atom stereocenters. The molecule has 0 saturated carbocycles. The van der Waals surface area contributed by atoms with Crippen molar-refractivity contribution in [1.29, 1.82) is 0 Å². The van der Waals surface area contributed by atoms with Crippen LogP contribution in [0.3, 0.4) is 0 Å². The maximum Gasteiger partial charge on any atom is 0.257 e. The zero-order chi connectivity index (χ0) is 19.4. The average molecular weight is 387 g/mol. The van der Waals surface area contributed by atoms with Gasteiger partial charge in [-0.05, 0) is 37.2 Å². The molecule has 142 valence electrons.